The highest BCUT2D eigenvalue weighted by Gasteiger charge is 2.22. The van der Waals surface area contributed by atoms with Crippen LogP contribution in [0, 0.1) is 5.92 Å². The summed E-state index contributed by atoms with van der Waals surface area (Å²) in [5.74, 6) is 1.19. The standard InChI is InChI=1S/C20H23N5O3/c1-14-4-3-9-23(11-14)18(26)12-24-13-21-19-17(20(24)27)10-22-25(19)15-5-7-16(28-2)8-6-15/h5-8,10,13-14H,3-4,9,11-12H2,1-2H3/t14-/m1/s1. The molecule has 0 saturated carbocycles. The van der Waals surface area contributed by atoms with Crippen molar-refractivity contribution in [2.45, 2.75) is 26.3 Å². The van der Waals surface area contributed by atoms with E-state index in [0.29, 0.717) is 17.0 Å². The van der Waals surface area contributed by atoms with Crippen LogP contribution in [0.15, 0.2) is 41.6 Å². The molecule has 4 rings (SSSR count). The van der Waals surface area contributed by atoms with Crippen LogP contribution in [-0.2, 0) is 11.3 Å². The molecule has 1 amide bonds. The molecule has 1 atom stereocenters. The lowest BCUT2D eigenvalue weighted by Crippen LogP contribution is -2.42. The second-order valence-electron chi connectivity index (χ2n) is 7.26. The van der Waals surface area contributed by atoms with E-state index in [1.807, 2.05) is 29.2 Å². The normalized spacial score (nSPS) is 17.1. The maximum Gasteiger partial charge on any atom is 0.264 e. The number of hydrogen-bond donors (Lipinski definition) is 0. The molecule has 0 aliphatic carbocycles. The SMILES string of the molecule is COc1ccc(-n2ncc3c(=O)n(CC(=O)N4CCC[C@@H](C)C4)cnc32)cc1. The number of carbonyl (C=O) groups is 1. The van der Waals surface area contributed by atoms with Gasteiger partial charge in [-0.1, -0.05) is 6.92 Å². The molecule has 0 spiro atoms. The van der Waals surface area contributed by atoms with Crippen LogP contribution >= 0.6 is 0 Å². The Bertz CT molecular complexity index is 1050. The van der Waals surface area contributed by atoms with E-state index in [1.54, 1.807) is 11.8 Å². The summed E-state index contributed by atoms with van der Waals surface area (Å²) in [5.41, 5.74) is 0.979. The van der Waals surface area contributed by atoms with Crippen LogP contribution in [0.5, 0.6) is 5.75 Å². The van der Waals surface area contributed by atoms with E-state index in [4.69, 9.17) is 4.74 Å². The van der Waals surface area contributed by atoms with Crippen LogP contribution in [0.1, 0.15) is 19.8 Å². The lowest BCUT2D eigenvalue weighted by atomic mass is 10.0. The topological polar surface area (TPSA) is 82.2 Å². The van der Waals surface area contributed by atoms with Gasteiger partial charge in [-0.05, 0) is 43.0 Å². The molecule has 2 aromatic heterocycles. The van der Waals surface area contributed by atoms with Crippen LogP contribution in [-0.4, -0.2) is 50.3 Å². The number of fused-ring (bicyclic) bond motifs is 1. The number of rotatable bonds is 4. The molecular weight excluding hydrogens is 358 g/mol. The molecule has 28 heavy (non-hydrogen) atoms. The smallest absolute Gasteiger partial charge is 0.264 e. The summed E-state index contributed by atoms with van der Waals surface area (Å²) >= 11 is 0. The minimum Gasteiger partial charge on any atom is -0.497 e. The van der Waals surface area contributed by atoms with Crippen molar-refractivity contribution in [1.29, 1.82) is 0 Å². The number of methoxy groups -OCH3 is 1. The number of hydrogen-bond acceptors (Lipinski definition) is 5. The van der Waals surface area contributed by atoms with E-state index in [9.17, 15) is 9.59 Å². The minimum absolute atomic E-state index is 0.00219. The Labute approximate surface area is 162 Å². The Kier molecular flexibility index (Phi) is 4.85. The molecule has 1 fully saturated rings. The van der Waals surface area contributed by atoms with E-state index >= 15 is 0 Å². The van der Waals surface area contributed by atoms with Gasteiger partial charge in [0.15, 0.2) is 5.65 Å². The summed E-state index contributed by atoms with van der Waals surface area (Å²) in [5, 5.41) is 4.69. The average Bonchev–Trinajstić information content (AvgIpc) is 3.15. The van der Waals surface area contributed by atoms with Gasteiger partial charge in [-0.2, -0.15) is 5.10 Å². The van der Waals surface area contributed by atoms with Crippen LogP contribution in [0.25, 0.3) is 16.7 Å². The molecule has 8 heteroatoms. The van der Waals surface area contributed by atoms with E-state index in [0.717, 1.165) is 37.4 Å². The highest BCUT2D eigenvalue weighted by molar-refractivity contribution is 5.78. The van der Waals surface area contributed by atoms with Crippen molar-refractivity contribution in [2.75, 3.05) is 20.2 Å². The second kappa shape index (κ2) is 7.46. The number of benzene rings is 1. The fraction of sp³-hybridized carbons (Fsp3) is 0.400. The predicted octanol–water partition coefficient (Wildman–Crippen LogP) is 1.85. The monoisotopic (exact) mass is 381 g/mol. The summed E-state index contributed by atoms with van der Waals surface area (Å²) < 4.78 is 8.14. The van der Waals surface area contributed by atoms with Gasteiger partial charge in [0.05, 0.1) is 19.0 Å². The summed E-state index contributed by atoms with van der Waals surface area (Å²) in [6, 6.07) is 7.34. The van der Waals surface area contributed by atoms with Gasteiger partial charge in [0, 0.05) is 13.1 Å². The fourth-order valence-corrected chi connectivity index (χ4v) is 3.64. The van der Waals surface area contributed by atoms with Crippen molar-refractivity contribution in [3.05, 3.63) is 47.1 Å². The molecule has 0 radical (unpaired) electrons. The minimum atomic E-state index is -0.261. The molecule has 3 heterocycles. The molecule has 0 N–H and O–H groups in total. The zero-order valence-electron chi connectivity index (χ0n) is 16.0. The molecule has 1 aromatic carbocycles. The molecule has 1 aliphatic rings. The van der Waals surface area contributed by atoms with E-state index in [2.05, 4.69) is 17.0 Å². The highest BCUT2D eigenvalue weighted by atomic mass is 16.5. The molecule has 1 saturated heterocycles. The predicted molar refractivity (Wildman–Crippen MR) is 105 cm³/mol. The summed E-state index contributed by atoms with van der Waals surface area (Å²) in [6.45, 7) is 3.65. The van der Waals surface area contributed by atoms with E-state index in [-0.39, 0.29) is 18.0 Å². The number of ether oxygens (including phenoxy) is 1. The van der Waals surface area contributed by atoms with Crippen molar-refractivity contribution in [2.24, 2.45) is 5.92 Å². The fourth-order valence-electron chi connectivity index (χ4n) is 3.64. The Morgan fingerprint density at radius 3 is 2.79 bits per heavy atom. The van der Waals surface area contributed by atoms with Gasteiger partial charge < -0.3 is 9.64 Å². The summed E-state index contributed by atoms with van der Waals surface area (Å²) in [6.07, 6.45) is 5.08. The third-order valence-corrected chi connectivity index (χ3v) is 5.19. The first kappa shape index (κ1) is 18.2. The molecule has 8 nitrogen and oxygen atoms in total. The summed E-state index contributed by atoms with van der Waals surface area (Å²) in [4.78, 5) is 31.7. The molecule has 1 aliphatic heterocycles. The third-order valence-electron chi connectivity index (χ3n) is 5.19. The highest BCUT2D eigenvalue weighted by Crippen LogP contribution is 2.18. The first-order valence-corrected chi connectivity index (χ1v) is 9.42. The second-order valence-corrected chi connectivity index (χ2v) is 7.26. The number of amides is 1. The zero-order chi connectivity index (χ0) is 19.7. The maximum absolute atomic E-state index is 12.8. The average molecular weight is 381 g/mol. The third kappa shape index (κ3) is 3.37. The Morgan fingerprint density at radius 1 is 1.29 bits per heavy atom. The Hall–Kier alpha value is -3.16. The quantitative estimate of drug-likeness (QED) is 0.689. The van der Waals surface area contributed by atoms with Gasteiger partial charge in [-0.25, -0.2) is 9.67 Å². The lowest BCUT2D eigenvalue weighted by Gasteiger charge is -2.31. The molecule has 3 aromatic rings. The van der Waals surface area contributed by atoms with Crippen LogP contribution in [0.2, 0.25) is 0 Å². The van der Waals surface area contributed by atoms with Gasteiger partial charge in [0.1, 0.15) is 24.0 Å². The van der Waals surface area contributed by atoms with Gasteiger partial charge in [-0.3, -0.25) is 14.2 Å². The van der Waals surface area contributed by atoms with Crippen LogP contribution in [0.3, 0.4) is 0 Å². The van der Waals surface area contributed by atoms with Crippen molar-refractivity contribution in [1.82, 2.24) is 24.2 Å². The van der Waals surface area contributed by atoms with Crippen molar-refractivity contribution >= 4 is 16.9 Å². The first-order chi connectivity index (χ1) is 13.6. The van der Waals surface area contributed by atoms with Gasteiger partial charge in [0.25, 0.3) is 5.56 Å². The zero-order valence-corrected chi connectivity index (χ0v) is 16.0. The Balaban J connectivity index is 1.61. The largest absolute Gasteiger partial charge is 0.497 e. The molecular formula is C20H23N5O3. The maximum atomic E-state index is 12.8. The number of piperidine rings is 1. The van der Waals surface area contributed by atoms with Crippen molar-refractivity contribution in [3.63, 3.8) is 0 Å². The Morgan fingerprint density at radius 2 is 2.07 bits per heavy atom. The number of likely N-dealkylation sites (tertiary alicyclic amines) is 1. The van der Waals surface area contributed by atoms with Crippen molar-refractivity contribution in [3.8, 4) is 11.4 Å². The van der Waals surface area contributed by atoms with Crippen LogP contribution in [0.4, 0.5) is 0 Å². The molecule has 0 bridgehead atoms. The van der Waals surface area contributed by atoms with E-state index in [1.165, 1.54) is 17.1 Å². The summed E-state index contributed by atoms with van der Waals surface area (Å²) in [7, 11) is 1.61. The van der Waals surface area contributed by atoms with Crippen molar-refractivity contribution < 1.29 is 9.53 Å². The van der Waals surface area contributed by atoms with Gasteiger partial charge in [0.2, 0.25) is 5.91 Å². The van der Waals surface area contributed by atoms with Gasteiger partial charge in [-0.15, -0.1) is 0 Å². The molecule has 0 unspecified atom stereocenters. The number of aromatic nitrogens is 4. The van der Waals surface area contributed by atoms with Gasteiger partial charge >= 0.3 is 0 Å². The van der Waals surface area contributed by atoms with Crippen LogP contribution < -0.4 is 10.3 Å². The first-order valence-electron chi connectivity index (χ1n) is 9.42. The number of nitrogens with zero attached hydrogens (tertiary/aromatic N) is 5. The van der Waals surface area contributed by atoms with E-state index < -0.39 is 0 Å². The molecule has 146 valence electrons. The lowest BCUT2D eigenvalue weighted by molar-refractivity contribution is -0.133. The number of carbonyl (C=O) groups excluding carboxylic acids is 1.